The predicted octanol–water partition coefficient (Wildman–Crippen LogP) is 4.48. The number of amides is 1. The molecule has 2 rings (SSSR count). The highest BCUT2D eigenvalue weighted by Crippen LogP contribution is 2.22. The van der Waals surface area contributed by atoms with Crippen molar-refractivity contribution in [1.29, 1.82) is 0 Å². The van der Waals surface area contributed by atoms with Crippen LogP contribution >= 0.6 is 11.6 Å². The topological polar surface area (TPSA) is 38.3 Å². The Kier molecular flexibility index (Phi) is 5.84. The predicted molar refractivity (Wildman–Crippen MR) is 90.8 cm³/mol. The lowest BCUT2D eigenvalue weighted by Crippen LogP contribution is -2.20. The van der Waals surface area contributed by atoms with E-state index in [0.29, 0.717) is 5.75 Å². The van der Waals surface area contributed by atoms with Crippen molar-refractivity contribution in [1.82, 2.24) is 0 Å². The van der Waals surface area contributed by atoms with Gasteiger partial charge >= 0.3 is 0 Å². The Morgan fingerprint density at radius 2 is 1.82 bits per heavy atom. The van der Waals surface area contributed by atoms with Gasteiger partial charge in [-0.2, -0.15) is 0 Å². The minimum absolute atomic E-state index is 0.0250. The van der Waals surface area contributed by atoms with Crippen molar-refractivity contribution < 1.29 is 9.53 Å². The molecule has 2 aromatic carbocycles. The summed E-state index contributed by atoms with van der Waals surface area (Å²) in [6, 6.07) is 13.2. The van der Waals surface area contributed by atoms with Gasteiger partial charge < -0.3 is 10.1 Å². The molecule has 22 heavy (non-hydrogen) atoms. The Balaban J connectivity index is 1.95. The van der Waals surface area contributed by atoms with E-state index < -0.39 is 0 Å². The molecule has 0 unspecified atom stereocenters. The largest absolute Gasteiger partial charge is 0.484 e. The van der Waals surface area contributed by atoms with Crippen LogP contribution in [0.5, 0.6) is 5.75 Å². The fraction of sp³-hybridized carbons (Fsp3) is 0.278. The molecule has 0 aliphatic heterocycles. The first-order valence-corrected chi connectivity index (χ1v) is 7.80. The van der Waals surface area contributed by atoms with Crippen molar-refractivity contribution in [3.05, 3.63) is 58.6 Å². The first kappa shape index (κ1) is 16.4. The van der Waals surface area contributed by atoms with E-state index in [2.05, 4.69) is 12.2 Å². The van der Waals surface area contributed by atoms with Crippen molar-refractivity contribution in [2.24, 2.45) is 0 Å². The standard InChI is InChI=1S/C18H20ClNO2/c1-3-13-7-5-6-8-17(13)20-18(21)12-22-15-9-10-16(19)14(4-2)11-15/h5-11H,3-4,12H2,1-2H3,(H,20,21). The van der Waals surface area contributed by atoms with E-state index in [1.54, 1.807) is 12.1 Å². The first-order valence-electron chi connectivity index (χ1n) is 7.43. The third-order valence-corrected chi connectivity index (χ3v) is 3.81. The molecule has 0 saturated heterocycles. The van der Waals surface area contributed by atoms with Gasteiger partial charge in [-0.15, -0.1) is 0 Å². The molecule has 1 N–H and O–H groups in total. The number of carbonyl (C=O) groups is 1. The number of ether oxygens (including phenoxy) is 1. The summed E-state index contributed by atoms with van der Waals surface area (Å²) in [5.41, 5.74) is 2.95. The monoisotopic (exact) mass is 317 g/mol. The molecule has 0 aromatic heterocycles. The van der Waals surface area contributed by atoms with Gasteiger partial charge in [0.2, 0.25) is 0 Å². The average molecular weight is 318 g/mol. The van der Waals surface area contributed by atoms with Crippen LogP contribution in [-0.4, -0.2) is 12.5 Å². The zero-order valence-electron chi connectivity index (χ0n) is 12.9. The van der Waals surface area contributed by atoms with Crippen LogP contribution in [0.4, 0.5) is 5.69 Å². The number of para-hydroxylation sites is 1. The Bertz CT molecular complexity index is 655. The number of aryl methyl sites for hydroxylation is 2. The van der Waals surface area contributed by atoms with Crippen molar-refractivity contribution >= 4 is 23.2 Å². The Morgan fingerprint density at radius 1 is 1.09 bits per heavy atom. The summed E-state index contributed by atoms with van der Waals surface area (Å²) < 4.78 is 5.54. The minimum Gasteiger partial charge on any atom is -0.484 e. The van der Waals surface area contributed by atoms with E-state index >= 15 is 0 Å². The normalized spacial score (nSPS) is 10.3. The van der Waals surface area contributed by atoms with Crippen LogP contribution in [-0.2, 0) is 17.6 Å². The lowest BCUT2D eigenvalue weighted by molar-refractivity contribution is -0.118. The third kappa shape index (κ3) is 4.25. The molecule has 0 atom stereocenters. The summed E-state index contributed by atoms with van der Waals surface area (Å²) >= 11 is 6.06. The van der Waals surface area contributed by atoms with Crippen LogP contribution < -0.4 is 10.1 Å². The van der Waals surface area contributed by atoms with Gasteiger partial charge in [-0.1, -0.05) is 43.6 Å². The molecule has 3 nitrogen and oxygen atoms in total. The highest BCUT2D eigenvalue weighted by atomic mass is 35.5. The number of benzene rings is 2. The van der Waals surface area contributed by atoms with Gasteiger partial charge in [0.15, 0.2) is 6.61 Å². The van der Waals surface area contributed by atoms with Gasteiger partial charge in [-0.3, -0.25) is 4.79 Å². The minimum atomic E-state index is -0.172. The highest BCUT2D eigenvalue weighted by molar-refractivity contribution is 6.31. The summed E-state index contributed by atoms with van der Waals surface area (Å²) in [7, 11) is 0. The smallest absolute Gasteiger partial charge is 0.262 e. The Hall–Kier alpha value is -2.00. The molecule has 0 aliphatic rings. The van der Waals surface area contributed by atoms with Crippen LogP contribution in [0.15, 0.2) is 42.5 Å². The lowest BCUT2D eigenvalue weighted by atomic mass is 10.1. The number of hydrogen-bond donors (Lipinski definition) is 1. The number of anilines is 1. The Morgan fingerprint density at radius 3 is 2.55 bits per heavy atom. The quantitative estimate of drug-likeness (QED) is 0.853. The van der Waals surface area contributed by atoms with E-state index in [4.69, 9.17) is 16.3 Å². The van der Waals surface area contributed by atoms with E-state index in [9.17, 15) is 4.79 Å². The molecule has 1 amide bonds. The van der Waals surface area contributed by atoms with Crippen LogP contribution in [0, 0.1) is 0 Å². The van der Waals surface area contributed by atoms with Crippen molar-refractivity contribution in [2.75, 3.05) is 11.9 Å². The summed E-state index contributed by atoms with van der Waals surface area (Å²) in [6.07, 6.45) is 1.69. The SMILES string of the molecule is CCc1cc(OCC(=O)Nc2ccccc2CC)ccc1Cl. The lowest BCUT2D eigenvalue weighted by Gasteiger charge is -2.11. The summed E-state index contributed by atoms with van der Waals surface area (Å²) in [6.45, 7) is 4.06. The van der Waals surface area contributed by atoms with Crippen LogP contribution in [0.25, 0.3) is 0 Å². The summed E-state index contributed by atoms with van der Waals surface area (Å²) in [4.78, 5) is 12.0. The molecule has 116 valence electrons. The second-order valence-electron chi connectivity index (χ2n) is 4.95. The molecule has 0 spiro atoms. The van der Waals surface area contributed by atoms with E-state index in [1.807, 2.05) is 37.3 Å². The zero-order chi connectivity index (χ0) is 15.9. The van der Waals surface area contributed by atoms with Gasteiger partial charge in [0, 0.05) is 10.7 Å². The second-order valence-corrected chi connectivity index (χ2v) is 5.36. The van der Waals surface area contributed by atoms with Gasteiger partial charge in [0.25, 0.3) is 5.91 Å². The maximum Gasteiger partial charge on any atom is 0.262 e. The maximum absolute atomic E-state index is 12.0. The van der Waals surface area contributed by atoms with Crippen LogP contribution in [0.2, 0.25) is 5.02 Å². The number of hydrogen-bond acceptors (Lipinski definition) is 2. The average Bonchev–Trinajstić information content (AvgIpc) is 2.54. The van der Waals surface area contributed by atoms with Crippen molar-refractivity contribution in [2.45, 2.75) is 26.7 Å². The number of carbonyl (C=O) groups excluding carboxylic acids is 1. The fourth-order valence-corrected chi connectivity index (χ4v) is 2.45. The van der Waals surface area contributed by atoms with E-state index in [1.165, 1.54) is 0 Å². The molecular formula is C18H20ClNO2. The van der Waals surface area contributed by atoms with Gasteiger partial charge in [-0.25, -0.2) is 0 Å². The summed E-state index contributed by atoms with van der Waals surface area (Å²) in [5, 5.41) is 3.60. The molecule has 4 heteroatoms. The molecule has 0 fully saturated rings. The molecular weight excluding hydrogens is 298 g/mol. The molecule has 2 aromatic rings. The fourth-order valence-electron chi connectivity index (χ4n) is 2.20. The zero-order valence-corrected chi connectivity index (χ0v) is 13.6. The summed E-state index contributed by atoms with van der Waals surface area (Å²) in [5.74, 6) is 0.481. The highest BCUT2D eigenvalue weighted by Gasteiger charge is 2.07. The van der Waals surface area contributed by atoms with Crippen molar-refractivity contribution in [3.8, 4) is 5.75 Å². The van der Waals surface area contributed by atoms with E-state index in [0.717, 1.165) is 34.7 Å². The molecule has 0 saturated carbocycles. The number of rotatable bonds is 6. The Labute approximate surface area is 136 Å². The first-order chi connectivity index (χ1) is 10.6. The third-order valence-electron chi connectivity index (χ3n) is 3.44. The molecule has 0 aliphatic carbocycles. The maximum atomic E-state index is 12.0. The molecule has 0 bridgehead atoms. The molecule has 0 heterocycles. The van der Waals surface area contributed by atoms with Crippen LogP contribution in [0.1, 0.15) is 25.0 Å². The number of halogens is 1. The van der Waals surface area contributed by atoms with E-state index in [-0.39, 0.29) is 12.5 Å². The van der Waals surface area contributed by atoms with Crippen molar-refractivity contribution in [3.63, 3.8) is 0 Å². The number of nitrogens with one attached hydrogen (secondary N) is 1. The van der Waals surface area contributed by atoms with Crippen LogP contribution in [0.3, 0.4) is 0 Å². The second kappa shape index (κ2) is 7.85. The molecule has 0 radical (unpaired) electrons. The van der Waals surface area contributed by atoms with Gasteiger partial charge in [0.05, 0.1) is 0 Å². The van der Waals surface area contributed by atoms with Gasteiger partial charge in [0.1, 0.15) is 5.75 Å². The van der Waals surface area contributed by atoms with Gasteiger partial charge in [-0.05, 0) is 48.2 Å².